The summed E-state index contributed by atoms with van der Waals surface area (Å²) in [5.74, 6) is 0. The van der Waals surface area contributed by atoms with E-state index in [9.17, 15) is 0 Å². The molecule has 1 aliphatic rings. The van der Waals surface area contributed by atoms with Crippen molar-refractivity contribution in [3.63, 3.8) is 0 Å². The molecule has 1 aliphatic carbocycles. The van der Waals surface area contributed by atoms with Crippen LogP contribution in [-0.2, 0) is 5.41 Å². The smallest absolute Gasteiger partial charge is 0.145 e. The van der Waals surface area contributed by atoms with Gasteiger partial charge in [-0.3, -0.25) is 0 Å². The maximum absolute atomic E-state index is 6.92. The third-order valence-corrected chi connectivity index (χ3v) is 12.7. The Morgan fingerprint density at radius 2 is 0.967 bits per heavy atom. The molecule has 0 N–H and O–H groups in total. The Balaban J connectivity index is 1.04. The van der Waals surface area contributed by atoms with E-state index in [1.807, 2.05) is 12.1 Å². The number of para-hydroxylation sites is 2. The van der Waals surface area contributed by atoms with Gasteiger partial charge in [-0.1, -0.05) is 147 Å². The van der Waals surface area contributed by atoms with Crippen LogP contribution in [0.4, 0.5) is 17.1 Å². The summed E-state index contributed by atoms with van der Waals surface area (Å²) in [6.45, 7) is 4.69. The SMILES string of the molecule is CC1(C)c2ccccc2-c2ccc(N(c3ccc(-c4ccccc4)cc3)c3ccc(-c4cccc(-c5ccc6c(c5)oc5ccccc56)c4)c4oc5ccccc5c34)cc21. The van der Waals surface area contributed by atoms with Crippen molar-refractivity contribution in [1.29, 1.82) is 0 Å². The van der Waals surface area contributed by atoms with Crippen LogP contribution < -0.4 is 4.90 Å². The highest BCUT2D eigenvalue weighted by molar-refractivity contribution is 6.17. The van der Waals surface area contributed by atoms with Gasteiger partial charge in [-0.05, 0) is 117 Å². The van der Waals surface area contributed by atoms with E-state index in [4.69, 9.17) is 8.83 Å². The normalized spacial score (nSPS) is 13.0. The largest absolute Gasteiger partial charge is 0.456 e. The van der Waals surface area contributed by atoms with Gasteiger partial charge in [0.25, 0.3) is 0 Å². The minimum atomic E-state index is -0.147. The van der Waals surface area contributed by atoms with Gasteiger partial charge in [-0.15, -0.1) is 0 Å². The van der Waals surface area contributed by atoms with Crippen LogP contribution in [0.2, 0.25) is 0 Å². The summed E-state index contributed by atoms with van der Waals surface area (Å²) in [5.41, 5.74) is 18.6. The average Bonchev–Trinajstić information content (AvgIpc) is 3.95. The first-order valence-electron chi connectivity index (χ1n) is 20.7. The molecular formula is C57H39NO2. The van der Waals surface area contributed by atoms with Crippen LogP contribution in [0.1, 0.15) is 25.0 Å². The minimum Gasteiger partial charge on any atom is -0.456 e. The second-order valence-electron chi connectivity index (χ2n) is 16.5. The second kappa shape index (κ2) is 13.2. The molecule has 2 heterocycles. The zero-order chi connectivity index (χ0) is 40.0. The van der Waals surface area contributed by atoms with Crippen LogP contribution in [0, 0.1) is 0 Å². The topological polar surface area (TPSA) is 29.5 Å². The molecule has 0 fully saturated rings. The van der Waals surface area contributed by atoms with Crippen LogP contribution in [0.25, 0.3) is 88.4 Å². The first-order valence-corrected chi connectivity index (χ1v) is 20.7. The summed E-state index contributed by atoms with van der Waals surface area (Å²) < 4.78 is 13.2. The standard InChI is InChI=1S/C57H39NO2/c1-57(2)49-20-9-6-17-44(49)45-30-28-42(35-50(45)57)58(41-26-23-37(24-27-41)36-13-4-3-5-14-36)51-32-31-43(56-55(51)48-19-8-11-22-53(48)60-56)40-16-12-15-38(33-40)39-25-29-47-46-18-7-10-21-52(46)59-54(47)34-39/h3-35H,1-2H3. The van der Waals surface area contributed by atoms with Crippen molar-refractivity contribution < 1.29 is 8.83 Å². The van der Waals surface area contributed by atoms with E-state index in [0.29, 0.717) is 0 Å². The molecule has 0 amide bonds. The number of fused-ring (bicyclic) bond motifs is 9. The first-order chi connectivity index (χ1) is 29.5. The van der Waals surface area contributed by atoms with Crippen molar-refractivity contribution in [1.82, 2.24) is 0 Å². The molecule has 0 atom stereocenters. The van der Waals surface area contributed by atoms with Gasteiger partial charge in [0.1, 0.15) is 22.3 Å². The van der Waals surface area contributed by atoms with Crippen molar-refractivity contribution in [3.05, 3.63) is 211 Å². The van der Waals surface area contributed by atoms with Gasteiger partial charge in [-0.25, -0.2) is 0 Å². The number of anilines is 3. The van der Waals surface area contributed by atoms with Crippen LogP contribution in [0.5, 0.6) is 0 Å². The fourth-order valence-corrected chi connectivity index (χ4v) is 9.69. The molecule has 11 aromatic rings. The van der Waals surface area contributed by atoms with Gasteiger partial charge < -0.3 is 13.7 Å². The molecule has 0 aliphatic heterocycles. The number of benzene rings is 9. The molecule has 2 aromatic heterocycles. The van der Waals surface area contributed by atoms with Crippen molar-refractivity contribution in [2.75, 3.05) is 4.90 Å². The van der Waals surface area contributed by atoms with E-state index in [0.717, 1.165) is 83.2 Å². The Labute approximate surface area is 348 Å². The molecule has 3 heteroatoms. The Hall–Kier alpha value is -7.62. The zero-order valence-electron chi connectivity index (χ0n) is 33.3. The zero-order valence-corrected chi connectivity index (χ0v) is 33.3. The summed E-state index contributed by atoms with van der Waals surface area (Å²) in [5, 5.41) is 4.42. The van der Waals surface area contributed by atoms with Crippen LogP contribution in [0.15, 0.2) is 209 Å². The summed E-state index contributed by atoms with van der Waals surface area (Å²) in [7, 11) is 0. The average molecular weight is 770 g/mol. The predicted octanol–water partition coefficient (Wildman–Crippen LogP) is 16.3. The summed E-state index contributed by atoms with van der Waals surface area (Å²) in [6, 6.07) is 71.9. The van der Waals surface area contributed by atoms with Crippen molar-refractivity contribution in [2.45, 2.75) is 19.3 Å². The lowest BCUT2D eigenvalue weighted by Crippen LogP contribution is -2.16. The van der Waals surface area contributed by atoms with Gasteiger partial charge in [0.15, 0.2) is 0 Å². The number of rotatable bonds is 6. The Kier molecular flexibility index (Phi) is 7.58. The van der Waals surface area contributed by atoms with Gasteiger partial charge in [0, 0.05) is 38.5 Å². The molecule has 0 bridgehead atoms. The van der Waals surface area contributed by atoms with Gasteiger partial charge >= 0.3 is 0 Å². The molecule has 284 valence electrons. The molecule has 0 saturated carbocycles. The fraction of sp³-hybridized carbons (Fsp3) is 0.0526. The van der Waals surface area contributed by atoms with Crippen molar-refractivity contribution in [3.8, 4) is 44.5 Å². The number of furan rings is 2. The van der Waals surface area contributed by atoms with Gasteiger partial charge in [0.05, 0.1) is 11.1 Å². The van der Waals surface area contributed by atoms with Crippen LogP contribution >= 0.6 is 0 Å². The molecule has 0 unspecified atom stereocenters. The summed E-state index contributed by atoms with van der Waals surface area (Å²) >= 11 is 0. The van der Waals surface area contributed by atoms with Crippen LogP contribution in [-0.4, -0.2) is 0 Å². The predicted molar refractivity (Wildman–Crippen MR) is 250 cm³/mol. The lowest BCUT2D eigenvalue weighted by atomic mass is 9.82. The lowest BCUT2D eigenvalue weighted by molar-refractivity contribution is 0.660. The third-order valence-electron chi connectivity index (χ3n) is 12.7. The number of hydrogen-bond donors (Lipinski definition) is 0. The van der Waals surface area contributed by atoms with E-state index in [1.54, 1.807) is 0 Å². The molecular weight excluding hydrogens is 731 g/mol. The van der Waals surface area contributed by atoms with E-state index < -0.39 is 0 Å². The molecule has 0 radical (unpaired) electrons. The molecule has 3 nitrogen and oxygen atoms in total. The summed E-state index contributed by atoms with van der Waals surface area (Å²) in [4.78, 5) is 2.42. The minimum absolute atomic E-state index is 0.147. The Morgan fingerprint density at radius 3 is 1.82 bits per heavy atom. The van der Waals surface area contributed by atoms with Gasteiger partial charge in [-0.2, -0.15) is 0 Å². The van der Waals surface area contributed by atoms with Crippen molar-refractivity contribution in [2.24, 2.45) is 0 Å². The number of nitrogens with zero attached hydrogens (tertiary/aromatic N) is 1. The molecule has 9 aromatic carbocycles. The maximum Gasteiger partial charge on any atom is 0.145 e. The molecule has 0 spiro atoms. The first kappa shape index (κ1) is 34.4. The van der Waals surface area contributed by atoms with Crippen LogP contribution in [0.3, 0.4) is 0 Å². The second-order valence-corrected chi connectivity index (χ2v) is 16.5. The number of hydrogen-bond acceptors (Lipinski definition) is 3. The highest BCUT2D eigenvalue weighted by atomic mass is 16.3. The molecule has 0 saturated heterocycles. The lowest BCUT2D eigenvalue weighted by Gasteiger charge is -2.29. The summed E-state index contributed by atoms with van der Waals surface area (Å²) in [6.07, 6.45) is 0. The van der Waals surface area contributed by atoms with E-state index in [-0.39, 0.29) is 5.41 Å². The third kappa shape index (κ3) is 5.29. The highest BCUT2D eigenvalue weighted by Gasteiger charge is 2.36. The van der Waals surface area contributed by atoms with Gasteiger partial charge in [0.2, 0.25) is 0 Å². The molecule has 60 heavy (non-hydrogen) atoms. The van der Waals surface area contributed by atoms with E-state index in [1.165, 1.54) is 33.4 Å². The monoisotopic (exact) mass is 769 g/mol. The fourth-order valence-electron chi connectivity index (χ4n) is 9.69. The van der Waals surface area contributed by atoms with E-state index in [2.05, 4.69) is 207 Å². The highest BCUT2D eigenvalue weighted by Crippen LogP contribution is 2.52. The van der Waals surface area contributed by atoms with Crippen molar-refractivity contribution >= 4 is 60.9 Å². The maximum atomic E-state index is 6.92. The Bertz CT molecular complexity index is 3460. The van der Waals surface area contributed by atoms with E-state index >= 15 is 0 Å². The Morgan fingerprint density at radius 1 is 0.367 bits per heavy atom. The quantitative estimate of drug-likeness (QED) is 0.169. The molecule has 12 rings (SSSR count).